The zero-order valence-electron chi connectivity index (χ0n) is 15.4. The minimum absolute atomic E-state index is 0. The van der Waals surface area contributed by atoms with Crippen LogP contribution in [0, 0.1) is 6.92 Å². The van der Waals surface area contributed by atoms with Crippen molar-refractivity contribution in [3.63, 3.8) is 0 Å². The zero-order chi connectivity index (χ0) is 18.2. The number of aliphatic hydroxyl groups excluding tert-OH is 1. The van der Waals surface area contributed by atoms with E-state index in [0.717, 1.165) is 24.0 Å². The lowest BCUT2D eigenvalue weighted by atomic mass is 10.1. The van der Waals surface area contributed by atoms with Crippen LogP contribution >= 0.6 is 24.0 Å². The SMILES string of the molecule is CCOC(=O)N1CCC(NC(N)=NCC(O)c2ccc(C)cc2)CC1.I. The first kappa shape index (κ1) is 22.5. The monoisotopic (exact) mass is 476 g/mol. The van der Waals surface area contributed by atoms with Gasteiger partial charge in [-0.1, -0.05) is 29.8 Å². The number of hydrogen-bond donors (Lipinski definition) is 3. The molecule has 0 bridgehead atoms. The van der Waals surface area contributed by atoms with Crippen LogP contribution in [0.3, 0.4) is 0 Å². The Morgan fingerprint density at radius 3 is 2.58 bits per heavy atom. The molecule has 0 aromatic heterocycles. The molecule has 1 saturated heterocycles. The van der Waals surface area contributed by atoms with E-state index in [9.17, 15) is 9.90 Å². The number of carbonyl (C=O) groups is 1. The van der Waals surface area contributed by atoms with Gasteiger partial charge in [0.15, 0.2) is 5.96 Å². The molecule has 8 heteroatoms. The lowest BCUT2D eigenvalue weighted by Gasteiger charge is -2.31. The van der Waals surface area contributed by atoms with Crippen LogP contribution in [0.25, 0.3) is 0 Å². The number of likely N-dealkylation sites (tertiary alicyclic amines) is 1. The molecule has 0 radical (unpaired) electrons. The summed E-state index contributed by atoms with van der Waals surface area (Å²) in [5.74, 6) is 0.320. The van der Waals surface area contributed by atoms with Crippen molar-refractivity contribution < 1.29 is 14.6 Å². The highest BCUT2D eigenvalue weighted by atomic mass is 127. The Kier molecular flexibility index (Phi) is 9.71. The number of benzene rings is 1. The van der Waals surface area contributed by atoms with Crippen LogP contribution in [0.15, 0.2) is 29.3 Å². The number of halogens is 1. The van der Waals surface area contributed by atoms with E-state index in [-0.39, 0.29) is 42.7 Å². The quantitative estimate of drug-likeness (QED) is 0.344. The van der Waals surface area contributed by atoms with Crippen molar-refractivity contribution in [3.8, 4) is 0 Å². The summed E-state index contributed by atoms with van der Waals surface area (Å²) in [6.07, 6.45) is 0.640. The first-order chi connectivity index (χ1) is 12.0. The second-order valence-corrected chi connectivity index (χ2v) is 6.26. The number of nitrogens with zero attached hydrogens (tertiary/aromatic N) is 2. The van der Waals surface area contributed by atoms with Crippen molar-refractivity contribution in [2.75, 3.05) is 26.2 Å². The Balaban J connectivity index is 0.00000338. The lowest BCUT2D eigenvalue weighted by Crippen LogP contribution is -2.48. The van der Waals surface area contributed by atoms with Gasteiger partial charge in [0, 0.05) is 19.1 Å². The van der Waals surface area contributed by atoms with E-state index in [1.807, 2.05) is 31.2 Å². The first-order valence-electron chi connectivity index (χ1n) is 8.72. The zero-order valence-corrected chi connectivity index (χ0v) is 17.7. The average Bonchev–Trinajstić information content (AvgIpc) is 2.61. The van der Waals surface area contributed by atoms with Crippen LogP contribution in [0.1, 0.15) is 37.0 Å². The number of guanidine groups is 1. The van der Waals surface area contributed by atoms with Crippen molar-refractivity contribution in [2.45, 2.75) is 38.8 Å². The number of aryl methyl sites for hydroxylation is 1. The molecule has 4 N–H and O–H groups in total. The molecule has 1 aromatic rings. The number of ether oxygens (including phenoxy) is 1. The number of carbonyl (C=O) groups excluding carboxylic acids is 1. The maximum atomic E-state index is 11.7. The van der Waals surface area contributed by atoms with Gasteiger partial charge in [-0.25, -0.2) is 4.79 Å². The highest BCUT2D eigenvalue weighted by Gasteiger charge is 2.23. The summed E-state index contributed by atoms with van der Waals surface area (Å²) in [5.41, 5.74) is 7.89. The highest BCUT2D eigenvalue weighted by molar-refractivity contribution is 14.0. The van der Waals surface area contributed by atoms with Crippen LogP contribution in [0.4, 0.5) is 4.79 Å². The molecule has 1 fully saturated rings. The topological polar surface area (TPSA) is 100 Å². The third kappa shape index (κ3) is 6.99. The summed E-state index contributed by atoms with van der Waals surface area (Å²) in [7, 11) is 0. The Morgan fingerprint density at radius 2 is 2.00 bits per heavy atom. The third-order valence-electron chi connectivity index (χ3n) is 4.27. The molecule has 146 valence electrons. The van der Waals surface area contributed by atoms with Crippen molar-refractivity contribution in [1.29, 1.82) is 0 Å². The summed E-state index contributed by atoms with van der Waals surface area (Å²) in [6, 6.07) is 7.88. The van der Waals surface area contributed by atoms with Crippen LogP contribution in [-0.2, 0) is 4.74 Å². The predicted molar refractivity (Wildman–Crippen MR) is 113 cm³/mol. The molecule has 7 nitrogen and oxygen atoms in total. The molecule has 1 aliphatic heterocycles. The van der Waals surface area contributed by atoms with Gasteiger partial charge in [-0.15, -0.1) is 24.0 Å². The fourth-order valence-corrected chi connectivity index (χ4v) is 2.75. The van der Waals surface area contributed by atoms with Crippen molar-refractivity contribution in [1.82, 2.24) is 10.2 Å². The summed E-state index contributed by atoms with van der Waals surface area (Å²) >= 11 is 0. The van der Waals surface area contributed by atoms with Gasteiger partial charge in [0.05, 0.1) is 19.3 Å². The van der Waals surface area contributed by atoms with Gasteiger partial charge in [0.2, 0.25) is 0 Å². The fraction of sp³-hybridized carbons (Fsp3) is 0.556. The van der Waals surface area contributed by atoms with Crippen LogP contribution in [0.5, 0.6) is 0 Å². The Bertz CT molecular complexity index is 587. The molecule has 1 aromatic carbocycles. The number of aliphatic imine (C=N–C) groups is 1. The lowest BCUT2D eigenvalue weighted by molar-refractivity contribution is 0.0963. The van der Waals surface area contributed by atoms with Gasteiger partial charge in [-0.2, -0.15) is 0 Å². The molecule has 1 atom stereocenters. The van der Waals surface area contributed by atoms with Gasteiger partial charge in [-0.3, -0.25) is 4.99 Å². The number of piperidine rings is 1. The number of aliphatic hydroxyl groups is 1. The molecule has 1 amide bonds. The molecular formula is C18H29IN4O3. The average molecular weight is 476 g/mol. The second-order valence-electron chi connectivity index (χ2n) is 6.26. The maximum absolute atomic E-state index is 11.7. The molecule has 0 saturated carbocycles. The summed E-state index contributed by atoms with van der Waals surface area (Å²) < 4.78 is 5.00. The van der Waals surface area contributed by atoms with Gasteiger partial charge < -0.3 is 25.8 Å². The minimum Gasteiger partial charge on any atom is -0.450 e. The molecule has 0 aliphatic carbocycles. The smallest absolute Gasteiger partial charge is 0.409 e. The van der Waals surface area contributed by atoms with E-state index in [4.69, 9.17) is 10.5 Å². The number of amides is 1. The van der Waals surface area contributed by atoms with Crippen molar-refractivity contribution in [3.05, 3.63) is 35.4 Å². The molecule has 0 spiro atoms. The molecule has 2 rings (SSSR count). The van der Waals surface area contributed by atoms with Crippen LogP contribution < -0.4 is 11.1 Å². The summed E-state index contributed by atoms with van der Waals surface area (Å²) in [6.45, 7) is 5.67. The maximum Gasteiger partial charge on any atom is 0.409 e. The van der Waals surface area contributed by atoms with E-state index in [1.54, 1.807) is 11.8 Å². The van der Waals surface area contributed by atoms with E-state index < -0.39 is 6.10 Å². The van der Waals surface area contributed by atoms with Crippen LogP contribution in [0.2, 0.25) is 0 Å². The molecule has 26 heavy (non-hydrogen) atoms. The molecule has 1 unspecified atom stereocenters. The minimum atomic E-state index is -0.674. The van der Waals surface area contributed by atoms with Crippen LogP contribution in [-0.4, -0.2) is 54.3 Å². The number of rotatable bonds is 5. The van der Waals surface area contributed by atoms with E-state index in [0.29, 0.717) is 25.7 Å². The standard InChI is InChI=1S/C18H28N4O3.HI/c1-3-25-18(24)22-10-8-15(9-11-22)21-17(19)20-12-16(23)14-6-4-13(2)5-7-14;/h4-7,15-16,23H,3,8-12H2,1-2H3,(H3,19,20,21);1H. The first-order valence-corrected chi connectivity index (χ1v) is 8.72. The largest absolute Gasteiger partial charge is 0.450 e. The van der Waals surface area contributed by atoms with Gasteiger partial charge >= 0.3 is 6.09 Å². The summed E-state index contributed by atoms with van der Waals surface area (Å²) in [5, 5.41) is 13.3. The Labute approximate surface area is 172 Å². The van der Waals surface area contributed by atoms with Gasteiger partial charge in [0.25, 0.3) is 0 Å². The number of hydrogen-bond acceptors (Lipinski definition) is 4. The summed E-state index contributed by atoms with van der Waals surface area (Å²) in [4.78, 5) is 17.6. The Hall–Kier alpha value is -1.55. The van der Waals surface area contributed by atoms with Gasteiger partial charge in [0.1, 0.15) is 0 Å². The van der Waals surface area contributed by atoms with Gasteiger partial charge in [-0.05, 0) is 32.3 Å². The number of nitrogens with two attached hydrogens (primary N) is 1. The second kappa shape index (κ2) is 11.2. The number of nitrogens with one attached hydrogen (secondary N) is 1. The van der Waals surface area contributed by atoms with E-state index >= 15 is 0 Å². The predicted octanol–water partition coefficient (Wildman–Crippen LogP) is 2.17. The molecular weight excluding hydrogens is 447 g/mol. The third-order valence-corrected chi connectivity index (χ3v) is 4.27. The Morgan fingerprint density at radius 1 is 1.38 bits per heavy atom. The fourth-order valence-electron chi connectivity index (χ4n) is 2.75. The van der Waals surface area contributed by atoms with E-state index in [2.05, 4.69) is 10.3 Å². The van der Waals surface area contributed by atoms with Crippen molar-refractivity contribution in [2.24, 2.45) is 10.7 Å². The van der Waals surface area contributed by atoms with E-state index in [1.165, 1.54) is 0 Å². The van der Waals surface area contributed by atoms with Crippen molar-refractivity contribution >= 4 is 36.0 Å². The normalized spacial score (nSPS) is 16.6. The molecule has 1 heterocycles. The molecule has 1 aliphatic rings. The highest BCUT2D eigenvalue weighted by Crippen LogP contribution is 2.14.